The van der Waals surface area contributed by atoms with Gasteiger partial charge < -0.3 is 15.4 Å². The Hall–Kier alpha value is -4.51. The maximum absolute atomic E-state index is 11.8. The summed E-state index contributed by atoms with van der Waals surface area (Å²) in [6.07, 6.45) is 5.41. The molecule has 0 saturated carbocycles. The Balaban J connectivity index is 1.64. The van der Waals surface area contributed by atoms with Crippen LogP contribution in [0.1, 0.15) is 6.92 Å². The van der Waals surface area contributed by atoms with E-state index < -0.39 is 0 Å². The first-order valence-electron chi connectivity index (χ1n) is 11.0. The lowest BCUT2D eigenvalue weighted by atomic mass is 10.1. The van der Waals surface area contributed by atoms with E-state index in [1.54, 1.807) is 36.8 Å². The van der Waals surface area contributed by atoms with Gasteiger partial charge >= 0.3 is 0 Å². The molecule has 0 aliphatic carbocycles. The van der Waals surface area contributed by atoms with E-state index in [0.29, 0.717) is 66.6 Å². The molecule has 35 heavy (non-hydrogen) atoms. The van der Waals surface area contributed by atoms with Crippen LogP contribution in [-0.2, 0) is 14.3 Å². The Bertz CT molecular complexity index is 1400. The van der Waals surface area contributed by atoms with Crippen molar-refractivity contribution in [3.63, 3.8) is 0 Å². The number of ether oxygens (including phenoxy) is 1. The van der Waals surface area contributed by atoms with Gasteiger partial charge in [-0.1, -0.05) is 12.1 Å². The van der Waals surface area contributed by atoms with Crippen molar-refractivity contribution in [2.24, 2.45) is 0 Å². The molecule has 2 N–H and O–H groups in total. The van der Waals surface area contributed by atoms with Gasteiger partial charge in [0, 0.05) is 44.2 Å². The molecule has 11 heteroatoms. The van der Waals surface area contributed by atoms with Crippen LogP contribution in [0, 0.1) is 0 Å². The SMILES string of the molecule is CC(=O)N(C=O)c1cccc(-c2cnc3c(N4CCOCC4)nc(-c4cnc(N)nc4)nc3c2)c1. The molecular weight excluding hydrogens is 448 g/mol. The van der Waals surface area contributed by atoms with E-state index in [9.17, 15) is 9.59 Å². The minimum Gasteiger partial charge on any atom is -0.378 e. The molecule has 0 atom stereocenters. The lowest BCUT2D eigenvalue weighted by molar-refractivity contribution is -0.120. The fourth-order valence-electron chi connectivity index (χ4n) is 3.89. The van der Waals surface area contributed by atoms with E-state index >= 15 is 0 Å². The molecule has 0 unspecified atom stereocenters. The summed E-state index contributed by atoms with van der Waals surface area (Å²) in [5.74, 6) is 0.957. The summed E-state index contributed by atoms with van der Waals surface area (Å²) in [7, 11) is 0. The van der Waals surface area contributed by atoms with E-state index in [2.05, 4.69) is 14.9 Å². The van der Waals surface area contributed by atoms with E-state index in [4.69, 9.17) is 25.4 Å². The molecule has 1 aliphatic rings. The van der Waals surface area contributed by atoms with Gasteiger partial charge in [-0.25, -0.2) is 19.9 Å². The van der Waals surface area contributed by atoms with Gasteiger partial charge in [0.25, 0.3) is 0 Å². The van der Waals surface area contributed by atoms with Crippen molar-refractivity contribution in [3.05, 3.63) is 48.9 Å². The van der Waals surface area contributed by atoms with Gasteiger partial charge in [0.15, 0.2) is 11.6 Å². The minimum atomic E-state index is -0.368. The number of carbonyl (C=O) groups is 2. The quantitative estimate of drug-likeness (QED) is 0.431. The summed E-state index contributed by atoms with van der Waals surface area (Å²) in [4.78, 5) is 48.8. The first-order chi connectivity index (χ1) is 17.0. The lowest BCUT2D eigenvalue weighted by Gasteiger charge is -2.28. The topological polar surface area (TPSA) is 140 Å². The molecule has 2 amide bonds. The van der Waals surface area contributed by atoms with Crippen molar-refractivity contribution in [1.82, 2.24) is 24.9 Å². The van der Waals surface area contributed by atoms with Crippen molar-refractivity contribution in [3.8, 4) is 22.5 Å². The molecule has 5 rings (SSSR count). The van der Waals surface area contributed by atoms with Crippen molar-refractivity contribution in [2.75, 3.05) is 41.8 Å². The molecule has 11 nitrogen and oxygen atoms in total. The number of anilines is 3. The Morgan fingerprint density at radius 3 is 2.49 bits per heavy atom. The highest BCUT2D eigenvalue weighted by Gasteiger charge is 2.20. The average molecular weight is 470 g/mol. The molecule has 1 aromatic carbocycles. The third-order valence-corrected chi connectivity index (χ3v) is 5.66. The van der Waals surface area contributed by atoms with Crippen LogP contribution in [0.25, 0.3) is 33.5 Å². The number of morpholine rings is 1. The second-order valence-electron chi connectivity index (χ2n) is 7.94. The average Bonchev–Trinajstić information content (AvgIpc) is 2.89. The smallest absolute Gasteiger partial charge is 0.230 e. The summed E-state index contributed by atoms with van der Waals surface area (Å²) < 4.78 is 5.50. The number of nitrogen functional groups attached to an aromatic ring is 1. The molecule has 1 fully saturated rings. The van der Waals surface area contributed by atoms with E-state index in [1.165, 1.54) is 6.92 Å². The van der Waals surface area contributed by atoms with Crippen molar-refractivity contribution in [2.45, 2.75) is 6.92 Å². The maximum atomic E-state index is 11.8. The van der Waals surface area contributed by atoms with Gasteiger partial charge in [-0.2, -0.15) is 0 Å². The predicted molar refractivity (Wildman–Crippen MR) is 130 cm³/mol. The Labute approximate surface area is 200 Å². The highest BCUT2D eigenvalue weighted by atomic mass is 16.5. The van der Waals surface area contributed by atoms with Gasteiger partial charge in [0.05, 0.1) is 30.0 Å². The Kier molecular flexibility index (Phi) is 5.98. The summed E-state index contributed by atoms with van der Waals surface area (Å²) in [5, 5.41) is 0. The zero-order valence-corrected chi connectivity index (χ0v) is 19.0. The van der Waals surface area contributed by atoms with Crippen LogP contribution in [0.5, 0.6) is 0 Å². The number of nitrogens with two attached hydrogens (primary N) is 1. The van der Waals surface area contributed by atoms with Crippen LogP contribution < -0.4 is 15.5 Å². The van der Waals surface area contributed by atoms with Crippen molar-refractivity contribution in [1.29, 1.82) is 0 Å². The molecule has 0 spiro atoms. The summed E-state index contributed by atoms with van der Waals surface area (Å²) in [5.41, 5.74) is 9.61. The van der Waals surface area contributed by atoms with Crippen LogP contribution in [0.4, 0.5) is 17.5 Å². The van der Waals surface area contributed by atoms with Crippen LogP contribution in [0.3, 0.4) is 0 Å². The van der Waals surface area contributed by atoms with Gasteiger partial charge in [0.2, 0.25) is 18.3 Å². The van der Waals surface area contributed by atoms with Crippen LogP contribution >= 0.6 is 0 Å². The first kappa shape index (κ1) is 22.3. The number of rotatable bonds is 5. The third kappa shape index (κ3) is 4.49. The zero-order chi connectivity index (χ0) is 24.4. The summed E-state index contributed by atoms with van der Waals surface area (Å²) in [6, 6.07) is 9.04. The van der Waals surface area contributed by atoms with E-state index in [-0.39, 0.29) is 11.9 Å². The Morgan fingerprint density at radius 2 is 1.77 bits per heavy atom. The van der Waals surface area contributed by atoms with Crippen molar-refractivity contribution < 1.29 is 14.3 Å². The molecule has 1 aliphatic heterocycles. The normalized spacial score (nSPS) is 13.6. The molecule has 176 valence electrons. The predicted octanol–water partition coefficient (Wildman–Crippen LogP) is 2.08. The van der Waals surface area contributed by atoms with Crippen LogP contribution in [-0.4, -0.2) is 63.5 Å². The second kappa shape index (κ2) is 9.39. The van der Waals surface area contributed by atoms with Gasteiger partial charge in [-0.05, 0) is 23.8 Å². The number of nitrogens with zero attached hydrogens (tertiary/aromatic N) is 7. The van der Waals surface area contributed by atoms with Gasteiger partial charge in [-0.3, -0.25) is 19.5 Å². The molecule has 0 bridgehead atoms. The molecule has 3 aromatic heterocycles. The fraction of sp³-hybridized carbons (Fsp3) is 0.208. The largest absolute Gasteiger partial charge is 0.378 e. The van der Waals surface area contributed by atoms with E-state index in [1.807, 2.05) is 12.1 Å². The van der Waals surface area contributed by atoms with Crippen LogP contribution in [0.2, 0.25) is 0 Å². The number of hydrogen-bond donors (Lipinski definition) is 1. The van der Waals surface area contributed by atoms with E-state index in [0.717, 1.165) is 16.0 Å². The zero-order valence-electron chi connectivity index (χ0n) is 19.0. The molecule has 0 radical (unpaired) electrons. The number of hydrogen-bond acceptors (Lipinski definition) is 10. The molecule has 4 aromatic rings. The number of benzene rings is 1. The minimum absolute atomic E-state index is 0.168. The summed E-state index contributed by atoms with van der Waals surface area (Å²) >= 11 is 0. The maximum Gasteiger partial charge on any atom is 0.230 e. The number of imide groups is 1. The lowest BCUT2D eigenvalue weighted by Crippen LogP contribution is -2.37. The van der Waals surface area contributed by atoms with Gasteiger partial charge in [0.1, 0.15) is 5.52 Å². The summed E-state index contributed by atoms with van der Waals surface area (Å²) in [6.45, 7) is 3.90. The van der Waals surface area contributed by atoms with Gasteiger partial charge in [-0.15, -0.1) is 0 Å². The highest BCUT2D eigenvalue weighted by molar-refractivity contribution is 6.06. The molecule has 4 heterocycles. The molecule has 1 saturated heterocycles. The first-order valence-corrected chi connectivity index (χ1v) is 11.0. The fourth-order valence-corrected chi connectivity index (χ4v) is 3.89. The monoisotopic (exact) mass is 470 g/mol. The number of amides is 2. The Morgan fingerprint density at radius 1 is 1.03 bits per heavy atom. The highest BCUT2D eigenvalue weighted by Crippen LogP contribution is 2.31. The third-order valence-electron chi connectivity index (χ3n) is 5.66. The number of pyridine rings is 1. The number of aromatic nitrogens is 5. The number of carbonyl (C=O) groups excluding carboxylic acids is 2. The molecular formula is C24H22N8O3. The van der Waals surface area contributed by atoms with Crippen LogP contribution in [0.15, 0.2) is 48.9 Å². The van der Waals surface area contributed by atoms with Crippen molar-refractivity contribution >= 4 is 40.8 Å². The standard InChI is InChI=1S/C24H22N8O3/c1-15(34)32(14-33)19-4-2-3-16(9-19)17-10-20-21(26-11-17)23(31-5-7-35-8-6-31)30-22(29-20)18-12-27-24(25)28-13-18/h2-4,9-14H,5-8H2,1H3,(H2,25,27,28). The number of fused-ring (bicyclic) bond motifs is 1. The second-order valence-corrected chi connectivity index (χ2v) is 7.94.